The van der Waals surface area contributed by atoms with Crippen LogP contribution in [0.15, 0.2) is 35.8 Å². The van der Waals surface area contributed by atoms with Crippen molar-refractivity contribution in [3.8, 4) is 0 Å². The maximum Gasteiger partial charge on any atom is 0.271 e. The quantitative estimate of drug-likeness (QED) is 0.304. The molecule has 1 aromatic carbocycles. The fourth-order valence-electron chi connectivity index (χ4n) is 6.47. The van der Waals surface area contributed by atoms with Crippen molar-refractivity contribution in [3.05, 3.63) is 52.1 Å². The molecule has 1 saturated heterocycles. The van der Waals surface area contributed by atoms with E-state index in [9.17, 15) is 28.8 Å². The highest BCUT2D eigenvalue weighted by Crippen LogP contribution is 2.26. The predicted molar refractivity (Wildman–Crippen MR) is 194 cm³/mol. The first kappa shape index (κ1) is 38.4. The number of fused-ring (bicyclic) bond motifs is 3. The molecule has 16 heteroatoms. The number of H-pyrrole nitrogens is 1. The van der Waals surface area contributed by atoms with Gasteiger partial charge in [-0.05, 0) is 43.7 Å². The summed E-state index contributed by atoms with van der Waals surface area (Å²) in [6.07, 6.45) is 3.02. The van der Waals surface area contributed by atoms with E-state index in [0.717, 1.165) is 22.9 Å². The largest absolute Gasteiger partial charge is 0.368 e. The zero-order valence-corrected chi connectivity index (χ0v) is 31.1. The first-order chi connectivity index (χ1) is 24.8. The summed E-state index contributed by atoms with van der Waals surface area (Å²) >= 11 is 1.21. The number of hydrogen-bond donors (Lipinski definition) is 4. The van der Waals surface area contributed by atoms with Crippen LogP contribution >= 0.6 is 11.3 Å². The van der Waals surface area contributed by atoms with Gasteiger partial charge in [0.25, 0.3) is 11.8 Å². The van der Waals surface area contributed by atoms with E-state index >= 15 is 0 Å². The maximum absolute atomic E-state index is 13.9. The van der Waals surface area contributed by atoms with Crippen molar-refractivity contribution in [2.75, 3.05) is 46.9 Å². The number of amides is 6. The van der Waals surface area contributed by atoms with Crippen LogP contribution in [-0.2, 0) is 35.1 Å². The van der Waals surface area contributed by atoms with E-state index in [2.05, 4.69) is 25.9 Å². The van der Waals surface area contributed by atoms with E-state index in [1.165, 1.54) is 40.0 Å². The van der Waals surface area contributed by atoms with Crippen LogP contribution in [0.5, 0.6) is 0 Å². The predicted octanol–water partition coefficient (Wildman–Crippen LogP) is 1.61. The minimum absolute atomic E-state index is 0.0560. The Morgan fingerprint density at radius 3 is 2.44 bits per heavy atom. The van der Waals surface area contributed by atoms with Gasteiger partial charge in [0, 0.05) is 62.7 Å². The van der Waals surface area contributed by atoms with Gasteiger partial charge in [0.1, 0.15) is 28.9 Å². The van der Waals surface area contributed by atoms with Crippen LogP contribution < -0.4 is 16.0 Å². The summed E-state index contributed by atoms with van der Waals surface area (Å²) in [5.41, 5.74) is 1.75. The highest BCUT2D eigenvalue weighted by atomic mass is 32.1. The molecule has 2 bridgehead atoms. The third-order valence-corrected chi connectivity index (χ3v) is 10.2. The van der Waals surface area contributed by atoms with Gasteiger partial charge in [-0.3, -0.25) is 28.8 Å². The highest BCUT2D eigenvalue weighted by molar-refractivity contribution is 7.09. The molecule has 0 spiro atoms. The smallest absolute Gasteiger partial charge is 0.271 e. The lowest BCUT2D eigenvalue weighted by Crippen LogP contribution is -2.53. The van der Waals surface area contributed by atoms with Crippen LogP contribution in [0.2, 0.25) is 0 Å². The normalized spacial score (nSPS) is 23.4. The molecule has 4 atom stereocenters. The monoisotopic (exact) mass is 736 g/mol. The molecule has 4 N–H and O–H groups in total. The van der Waals surface area contributed by atoms with Crippen LogP contribution in [0.3, 0.4) is 0 Å². The van der Waals surface area contributed by atoms with Crippen molar-refractivity contribution < 1.29 is 33.5 Å². The van der Waals surface area contributed by atoms with Crippen molar-refractivity contribution in [1.82, 2.24) is 40.6 Å². The van der Waals surface area contributed by atoms with Crippen molar-refractivity contribution in [3.63, 3.8) is 0 Å². The Bertz CT molecular complexity index is 1780. The van der Waals surface area contributed by atoms with Crippen LogP contribution in [-0.4, -0.2) is 125 Å². The fraction of sp³-hybridized carbons (Fsp3) is 0.528. The summed E-state index contributed by atoms with van der Waals surface area (Å²) in [4.78, 5) is 92.9. The number of hydrogen-bond acceptors (Lipinski definition) is 9. The molecular weight excluding hydrogens is 689 g/mol. The lowest BCUT2D eigenvalue weighted by molar-refractivity contribution is -0.145. The molecular formula is C36H48N8O7S. The van der Waals surface area contributed by atoms with Gasteiger partial charge in [-0.2, -0.15) is 0 Å². The molecule has 0 saturated carbocycles. The first-order valence-corrected chi connectivity index (χ1v) is 18.5. The zero-order valence-electron chi connectivity index (χ0n) is 30.3. The average molecular weight is 737 g/mol. The van der Waals surface area contributed by atoms with E-state index in [1.54, 1.807) is 18.6 Å². The Morgan fingerprint density at radius 2 is 1.71 bits per heavy atom. The van der Waals surface area contributed by atoms with E-state index in [-0.39, 0.29) is 50.1 Å². The molecule has 1 fully saturated rings. The van der Waals surface area contributed by atoms with Gasteiger partial charge >= 0.3 is 0 Å². The third kappa shape index (κ3) is 9.53. The first-order valence-electron chi connectivity index (χ1n) is 17.6. The Labute approximate surface area is 306 Å². The van der Waals surface area contributed by atoms with Crippen molar-refractivity contribution in [2.45, 2.75) is 70.7 Å². The number of aromatic nitrogens is 2. The molecule has 2 aromatic heterocycles. The summed E-state index contributed by atoms with van der Waals surface area (Å²) in [5, 5.41) is 11.5. The number of carbonyl (C=O) groups is 6. The van der Waals surface area contributed by atoms with Gasteiger partial charge in [-0.15, -0.1) is 11.3 Å². The second-order valence-corrected chi connectivity index (χ2v) is 14.8. The molecule has 0 radical (unpaired) electrons. The molecule has 280 valence electrons. The Balaban J connectivity index is 1.45. The number of thiazole rings is 1. The molecule has 52 heavy (non-hydrogen) atoms. The standard InChI is InChI=1S/C36H48N8O7S/c1-21(2)15-26-33-41-28(20-52-33)32(47)40-27(16-23-17-37-25-10-7-6-9-24(23)25)35(49)43(5)18-30(45)38-22(3)34(48)42(4)12-13-44(19-31(46)39-26)36(50)29-11-8-14-51-29/h6-7,9-10,17,20-22,26-27,29,37H,8,11-16,18-19H2,1-5H3,(H,38,45)(H,39,46)(H,40,47)/t22-,26-,27+,29-/m0/s1. The van der Waals surface area contributed by atoms with Crippen LogP contribution in [0.25, 0.3) is 10.9 Å². The molecule has 15 nitrogen and oxygen atoms in total. The summed E-state index contributed by atoms with van der Waals surface area (Å²) in [7, 11) is 3.02. The third-order valence-electron chi connectivity index (χ3n) is 9.24. The van der Waals surface area contributed by atoms with Crippen molar-refractivity contribution in [2.24, 2.45) is 5.92 Å². The molecule has 6 amide bonds. The molecule has 0 aliphatic carbocycles. The van der Waals surface area contributed by atoms with Gasteiger partial charge < -0.3 is 40.4 Å². The van der Waals surface area contributed by atoms with Crippen LogP contribution in [0.1, 0.15) is 67.1 Å². The maximum atomic E-state index is 13.9. The number of carbonyl (C=O) groups excluding carboxylic acids is 6. The Kier molecular flexibility index (Phi) is 12.6. The number of likely N-dealkylation sites (N-methyl/N-ethyl adjacent to an activating group) is 2. The summed E-state index contributed by atoms with van der Waals surface area (Å²) in [5.74, 6) is -2.69. The number of ether oxygens (including phenoxy) is 1. The molecule has 4 heterocycles. The zero-order chi connectivity index (χ0) is 37.5. The average Bonchev–Trinajstić information content (AvgIpc) is 3.90. The Morgan fingerprint density at radius 1 is 0.962 bits per heavy atom. The summed E-state index contributed by atoms with van der Waals surface area (Å²) in [6.45, 7) is 5.51. The second-order valence-electron chi connectivity index (χ2n) is 13.9. The van der Waals surface area contributed by atoms with E-state index in [1.807, 2.05) is 38.1 Å². The van der Waals surface area contributed by atoms with Crippen molar-refractivity contribution >= 4 is 57.7 Å². The number of benzene rings is 1. The molecule has 3 aromatic rings. The minimum atomic E-state index is -1.06. The molecule has 2 aliphatic rings. The molecule has 2 aliphatic heterocycles. The van der Waals surface area contributed by atoms with E-state index in [0.29, 0.717) is 24.5 Å². The van der Waals surface area contributed by atoms with E-state index < -0.39 is 53.8 Å². The lowest BCUT2D eigenvalue weighted by atomic mass is 10.0. The number of rotatable bonds is 5. The van der Waals surface area contributed by atoms with Crippen molar-refractivity contribution in [1.29, 1.82) is 0 Å². The van der Waals surface area contributed by atoms with Gasteiger partial charge in [-0.25, -0.2) is 4.98 Å². The van der Waals surface area contributed by atoms with Gasteiger partial charge in [0.05, 0.1) is 19.1 Å². The van der Waals surface area contributed by atoms with Gasteiger partial charge in [-0.1, -0.05) is 32.0 Å². The fourth-order valence-corrected chi connectivity index (χ4v) is 7.34. The van der Waals surface area contributed by atoms with Gasteiger partial charge in [0.15, 0.2) is 0 Å². The second kappa shape index (κ2) is 17.1. The molecule has 0 unspecified atom stereocenters. The SMILES string of the molecule is CC(C)C[C@@H]1NC(=O)CN(C(=O)[C@@H]2CCCO2)CCN(C)C(=O)[C@H](C)NC(=O)CN(C)C(=O)[C@@H](Cc2c[nH]c3ccccc23)NC(=O)c2csc1n2. The minimum Gasteiger partial charge on any atom is -0.368 e. The summed E-state index contributed by atoms with van der Waals surface area (Å²) in [6, 6.07) is 5.05. The van der Waals surface area contributed by atoms with Gasteiger partial charge in [0.2, 0.25) is 23.6 Å². The number of aromatic amines is 1. The molecule has 5 rings (SSSR count). The Hall–Kier alpha value is -4.83. The number of nitrogens with one attached hydrogen (secondary N) is 4. The summed E-state index contributed by atoms with van der Waals surface area (Å²) < 4.78 is 5.63. The van der Waals surface area contributed by atoms with Crippen LogP contribution in [0.4, 0.5) is 0 Å². The van der Waals surface area contributed by atoms with Crippen LogP contribution in [0, 0.1) is 5.92 Å². The topological polar surface area (TPSA) is 186 Å². The highest BCUT2D eigenvalue weighted by Gasteiger charge is 2.33. The number of nitrogens with zero attached hydrogens (tertiary/aromatic N) is 4. The van der Waals surface area contributed by atoms with E-state index in [4.69, 9.17) is 4.74 Å². The number of para-hydroxylation sites is 1. The lowest BCUT2D eigenvalue weighted by Gasteiger charge is -2.29.